The summed E-state index contributed by atoms with van der Waals surface area (Å²) in [4.78, 5) is 2.31. The van der Waals surface area contributed by atoms with Crippen molar-refractivity contribution in [3.05, 3.63) is 34.9 Å². The Bertz CT molecular complexity index is 367. The van der Waals surface area contributed by atoms with Crippen molar-refractivity contribution in [1.29, 1.82) is 0 Å². The molecule has 2 nitrogen and oxygen atoms in total. The molecule has 1 unspecified atom stereocenters. The smallest absolute Gasteiger partial charge is 0.0451 e. The normalized spacial score (nSPS) is 14.8. The minimum absolute atomic E-state index is 0.199. The van der Waals surface area contributed by atoms with Gasteiger partial charge in [0.25, 0.3) is 0 Å². The molecule has 1 aromatic carbocycles. The van der Waals surface area contributed by atoms with Gasteiger partial charge in [0.05, 0.1) is 0 Å². The van der Waals surface area contributed by atoms with Crippen molar-refractivity contribution in [3.63, 3.8) is 0 Å². The topological polar surface area (TPSA) is 29.3 Å². The summed E-state index contributed by atoms with van der Waals surface area (Å²) in [5.41, 5.74) is 7.29. The average molecular weight is 269 g/mol. The van der Waals surface area contributed by atoms with Crippen LogP contribution in [0.25, 0.3) is 0 Å². The Kier molecular flexibility index (Phi) is 6.13. The summed E-state index contributed by atoms with van der Waals surface area (Å²) in [7, 11) is 2.13. The quantitative estimate of drug-likeness (QED) is 0.820. The van der Waals surface area contributed by atoms with Crippen LogP contribution in [0.5, 0.6) is 0 Å². The molecule has 0 heterocycles. The van der Waals surface area contributed by atoms with Gasteiger partial charge in [-0.1, -0.05) is 50.1 Å². The van der Waals surface area contributed by atoms with Crippen LogP contribution in [0.15, 0.2) is 24.3 Å². The summed E-state index contributed by atoms with van der Waals surface area (Å²) in [6.07, 6.45) is 2.34. The van der Waals surface area contributed by atoms with E-state index in [-0.39, 0.29) is 5.41 Å². The first-order chi connectivity index (χ1) is 8.50. The number of halogens is 1. The zero-order valence-corrected chi connectivity index (χ0v) is 12.5. The first kappa shape index (κ1) is 15.5. The second-order valence-corrected chi connectivity index (χ2v) is 5.94. The highest BCUT2D eigenvalue weighted by Gasteiger charge is 2.23. The first-order valence-corrected chi connectivity index (χ1v) is 7.00. The molecule has 0 aromatic heterocycles. The molecule has 0 bridgehead atoms. The summed E-state index contributed by atoms with van der Waals surface area (Å²) in [5.74, 6) is 0. The Labute approximate surface area is 116 Å². The molecule has 18 heavy (non-hydrogen) atoms. The Balaban J connectivity index is 2.61. The maximum absolute atomic E-state index is 6.18. The van der Waals surface area contributed by atoms with Crippen LogP contribution in [0.1, 0.15) is 32.3 Å². The molecule has 0 saturated heterocycles. The van der Waals surface area contributed by atoms with Gasteiger partial charge in [-0.05, 0) is 37.1 Å². The molecule has 2 N–H and O–H groups in total. The molecule has 0 aliphatic carbocycles. The fourth-order valence-corrected chi connectivity index (χ4v) is 2.67. The zero-order chi connectivity index (χ0) is 13.6. The maximum atomic E-state index is 6.18. The van der Waals surface area contributed by atoms with E-state index in [1.165, 1.54) is 12.0 Å². The summed E-state index contributed by atoms with van der Waals surface area (Å²) in [5, 5.41) is 0.842. The van der Waals surface area contributed by atoms with Crippen LogP contribution >= 0.6 is 11.6 Å². The van der Waals surface area contributed by atoms with E-state index in [9.17, 15) is 0 Å². The summed E-state index contributed by atoms with van der Waals surface area (Å²) >= 11 is 6.18. The van der Waals surface area contributed by atoms with Crippen molar-refractivity contribution in [2.24, 2.45) is 11.1 Å². The van der Waals surface area contributed by atoms with Crippen LogP contribution < -0.4 is 5.73 Å². The van der Waals surface area contributed by atoms with Crippen LogP contribution in [-0.4, -0.2) is 25.0 Å². The summed E-state index contributed by atoms with van der Waals surface area (Å²) < 4.78 is 0. The van der Waals surface area contributed by atoms with Crippen molar-refractivity contribution >= 4 is 11.6 Å². The Morgan fingerprint density at radius 3 is 2.56 bits per heavy atom. The summed E-state index contributed by atoms with van der Waals surface area (Å²) in [6, 6.07) is 8.02. The number of benzene rings is 1. The second kappa shape index (κ2) is 7.13. The van der Waals surface area contributed by atoms with Gasteiger partial charge in [-0.3, -0.25) is 0 Å². The van der Waals surface area contributed by atoms with Crippen molar-refractivity contribution in [2.75, 3.05) is 20.1 Å². The van der Waals surface area contributed by atoms with Gasteiger partial charge in [0.15, 0.2) is 0 Å². The lowest BCUT2D eigenvalue weighted by molar-refractivity contribution is 0.179. The first-order valence-electron chi connectivity index (χ1n) is 6.63. The molecular formula is C15H25ClN2. The third-order valence-corrected chi connectivity index (χ3v) is 3.76. The van der Waals surface area contributed by atoms with Crippen LogP contribution in [0, 0.1) is 5.41 Å². The van der Waals surface area contributed by atoms with Gasteiger partial charge in [-0.25, -0.2) is 0 Å². The molecule has 0 amide bonds. The summed E-state index contributed by atoms with van der Waals surface area (Å²) in [6.45, 7) is 7.08. The minimum atomic E-state index is 0.199. The third kappa shape index (κ3) is 4.60. The highest BCUT2D eigenvalue weighted by molar-refractivity contribution is 6.31. The zero-order valence-electron chi connectivity index (χ0n) is 11.7. The standard InChI is InChI=1S/C15H25ClN2/c1-4-9-15(2,11-17)12-18(3)10-13-7-5-6-8-14(13)16/h5-8H,4,9-12,17H2,1-3H3. The van der Waals surface area contributed by atoms with Crippen molar-refractivity contribution in [1.82, 2.24) is 4.90 Å². The molecule has 0 radical (unpaired) electrons. The van der Waals surface area contributed by atoms with Crippen LogP contribution in [0.2, 0.25) is 5.02 Å². The van der Waals surface area contributed by atoms with Crippen molar-refractivity contribution in [3.8, 4) is 0 Å². The fraction of sp³-hybridized carbons (Fsp3) is 0.600. The number of rotatable bonds is 7. The van der Waals surface area contributed by atoms with Crippen LogP contribution in [0.3, 0.4) is 0 Å². The average Bonchev–Trinajstić information content (AvgIpc) is 2.32. The lowest BCUT2D eigenvalue weighted by atomic mass is 9.85. The van der Waals surface area contributed by atoms with E-state index < -0.39 is 0 Å². The lowest BCUT2D eigenvalue weighted by Crippen LogP contribution is -2.38. The predicted octanol–water partition coefficient (Wildman–Crippen LogP) is 3.54. The molecule has 3 heteroatoms. The Morgan fingerprint density at radius 1 is 1.33 bits per heavy atom. The molecule has 1 aromatic rings. The lowest BCUT2D eigenvalue weighted by Gasteiger charge is -2.32. The highest BCUT2D eigenvalue weighted by atomic mass is 35.5. The molecule has 0 aliphatic rings. The number of hydrogen-bond acceptors (Lipinski definition) is 2. The van der Waals surface area contributed by atoms with Gasteiger partial charge in [-0.2, -0.15) is 0 Å². The molecule has 1 atom stereocenters. The number of nitrogens with zero attached hydrogens (tertiary/aromatic N) is 1. The van der Waals surface area contributed by atoms with Crippen molar-refractivity contribution in [2.45, 2.75) is 33.2 Å². The SMILES string of the molecule is CCCC(C)(CN)CN(C)Cc1ccccc1Cl. The van der Waals surface area contributed by atoms with Gasteiger partial charge >= 0.3 is 0 Å². The van der Waals surface area contributed by atoms with E-state index in [0.717, 1.165) is 31.1 Å². The molecule has 0 spiro atoms. The largest absolute Gasteiger partial charge is 0.330 e. The molecule has 0 fully saturated rings. The molecule has 0 aliphatic heterocycles. The van der Waals surface area contributed by atoms with Gasteiger partial charge in [0.2, 0.25) is 0 Å². The van der Waals surface area contributed by atoms with Gasteiger partial charge in [-0.15, -0.1) is 0 Å². The van der Waals surface area contributed by atoms with Gasteiger partial charge in [0, 0.05) is 18.1 Å². The van der Waals surface area contributed by atoms with E-state index >= 15 is 0 Å². The Morgan fingerprint density at radius 2 is 2.00 bits per heavy atom. The highest BCUT2D eigenvalue weighted by Crippen LogP contribution is 2.24. The second-order valence-electron chi connectivity index (χ2n) is 5.53. The van der Waals surface area contributed by atoms with E-state index in [4.69, 9.17) is 17.3 Å². The molecule has 0 saturated carbocycles. The monoisotopic (exact) mass is 268 g/mol. The fourth-order valence-electron chi connectivity index (χ4n) is 2.47. The maximum Gasteiger partial charge on any atom is 0.0451 e. The van der Waals surface area contributed by atoms with Crippen molar-refractivity contribution < 1.29 is 0 Å². The molecule has 102 valence electrons. The number of nitrogens with two attached hydrogens (primary N) is 1. The molecular weight excluding hydrogens is 244 g/mol. The van der Waals surface area contributed by atoms with Crippen LogP contribution in [-0.2, 0) is 6.54 Å². The van der Waals surface area contributed by atoms with Crippen LogP contribution in [0.4, 0.5) is 0 Å². The van der Waals surface area contributed by atoms with E-state index in [1.54, 1.807) is 0 Å². The predicted molar refractivity (Wildman–Crippen MR) is 79.9 cm³/mol. The van der Waals surface area contributed by atoms with Gasteiger partial charge < -0.3 is 10.6 Å². The van der Waals surface area contributed by atoms with E-state index in [2.05, 4.69) is 31.9 Å². The number of hydrogen-bond donors (Lipinski definition) is 1. The Hall–Kier alpha value is -0.570. The molecule has 1 rings (SSSR count). The van der Waals surface area contributed by atoms with E-state index in [1.807, 2.05) is 18.2 Å². The minimum Gasteiger partial charge on any atom is -0.330 e. The third-order valence-electron chi connectivity index (χ3n) is 3.40. The van der Waals surface area contributed by atoms with E-state index in [0.29, 0.717) is 0 Å². The van der Waals surface area contributed by atoms with Gasteiger partial charge in [0.1, 0.15) is 0 Å².